The van der Waals surface area contributed by atoms with Crippen molar-refractivity contribution in [1.82, 2.24) is 4.90 Å². The predicted molar refractivity (Wildman–Crippen MR) is 89.6 cm³/mol. The molecule has 2 aliphatic heterocycles. The molecule has 130 valence electrons. The molecule has 1 aromatic rings. The molecule has 24 heavy (non-hydrogen) atoms. The fourth-order valence-electron chi connectivity index (χ4n) is 3.74. The second-order valence-corrected chi connectivity index (χ2v) is 6.81. The maximum absolute atomic E-state index is 12.5. The van der Waals surface area contributed by atoms with Crippen LogP contribution in [0.1, 0.15) is 49.1 Å². The number of fused-ring (bicyclic) bond motifs is 1. The number of carbonyl (C=O) groups is 2. The van der Waals surface area contributed by atoms with E-state index in [0.29, 0.717) is 18.9 Å². The number of aliphatic carboxylic acids is 1. The van der Waals surface area contributed by atoms with Gasteiger partial charge in [-0.25, -0.2) is 0 Å². The molecular weight excluding hydrogens is 306 g/mol. The minimum atomic E-state index is -0.859. The Hall–Kier alpha value is -1.88. The van der Waals surface area contributed by atoms with Crippen molar-refractivity contribution < 1.29 is 19.4 Å². The van der Waals surface area contributed by atoms with E-state index in [2.05, 4.69) is 0 Å². The number of carboxylic acids is 1. The third kappa shape index (κ3) is 3.96. The van der Waals surface area contributed by atoms with Crippen molar-refractivity contribution >= 4 is 11.9 Å². The zero-order valence-corrected chi connectivity index (χ0v) is 13.9. The lowest BCUT2D eigenvalue weighted by Crippen LogP contribution is -2.40. The highest BCUT2D eigenvalue weighted by Crippen LogP contribution is 2.29. The zero-order valence-electron chi connectivity index (χ0n) is 13.9. The molecule has 0 radical (unpaired) electrons. The van der Waals surface area contributed by atoms with Crippen molar-refractivity contribution in [2.45, 2.75) is 44.6 Å². The van der Waals surface area contributed by atoms with Crippen LogP contribution in [0.2, 0.25) is 0 Å². The van der Waals surface area contributed by atoms with Crippen molar-refractivity contribution in [2.24, 2.45) is 5.92 Å². The molecule has 5 nitrogen and oxygen atoms in total. The van der Waals surface area contributed by atoms with Crippen LogP contribution in [-0.2, 0) is 20.9 Å². The van der Waals surface area contributed by atoms with Gasteiger partial charge in [-0.3, -0.25) is 9.59 Å². The van der Waals surface area contributed by atoms with Gasteiger partial charge in [0.15, 0.2) is 0 Å². The quantitative estimate of drug-likeness (QED) is 0.901. The summed E-state index contributed by atoms with van der Waals surface area (Å²) in [5.41, 5.74) is 1.80. The van der Waals surface area contributed by atoms with Crippen LogP contribution in [0.25, 0.3) is 0 Å². The second kappa shape index (κ2) is 7.79. The minimum Gasteiger partial charge on any atom is -0.481 e. The van der Waals surface area contributed by atoms with Crippen molar-refractivity contribution in [3.05, 3.63) is 35.4 Å². The maximum Gasteiger partial charge on any atom is 0.312 e. The fraction of sp³-hybridized carbons (Fsp3) is 0.579. The average Bonchev–Trinajstić information content (AvgIpc) is 2.61. The molecule has 2 aliphatic rings. The largest absolute Gasteiger partial charge is 0.481 e. The molecule has 1 amide bonds. The van der Waals surface area contributed by atoms with Gasteiger partial charge in [0.2, 0.25) is 5.91 Å². The van der Waals surface area contributed by atoms with Gasteiger partial charge in [0.25, 0.3) is 0 Å². The van der Waals surface area contributed by atoms with Crippen molar-refractivity contribution in [2.75, 3.05) is 19.8 Å². The van der Waals surface area contributed by atoms with Crippen LogP contribution >= 0.6 is 0 Å². The van der Waals surface area contributed by atoms with Crippen molar-refractivity contribution in [3.8, 4) is 0 Å². The Labute approximate surface area is 142 Å². The van der Waals surface area contributed by atoms with Crippen LogP contribution < -0.4 is 0 Å². The number of hydrogen-bond donors (Lipinski definition) is 1. The number of benzene rings is 1. The van der Waals surface area contributed by atoms with Gasteiger partial charge in [0.05, 0.1) is 5.92 Å². The Kier molecular flexibility index (Phi) is 5.51. The van der Waals surface area contributed by atoms with Crippen LogP contribution in [0.5, 0.6) is 0 Å². The summed E-state index contributed by atoms with van der Waals surface area (Å²) in [7, 11) is 0. The van der Waals surface area contributed by atoms with Gasteiger partial charge in [-0.05, 0) is 42.7 Å². The molecule has 1 aromatic carbocycles. The molecule has 0 spiro atoms. The third-order valence-corrected chi connectivity index (χ3v) is 5.19. The van der Waals surface area contributed by atoms with Gasteiger partial charge in [-0.1, -0.05) is 24.3 Å². The van der Waals surface area contributed by atoms with E-state index >= 15 is 0 Å². The summed E-state index contributed by atoms with van der Waals surface area (Å²) in [4.78, 5) is 25.8. The molecule has 3 rings (SSSR count). The summed E-state index contributed by atoms with van der Waals surface area (Å²) in [6.45, 7) is 2.47. The second-order valence-electron chi connectivity index (χ2n) is 6.81. The number of amides is 1. The van der Waals surface area contributed by atoms with E-state index in [1.54, 1.807) is 4.90 Å². The molecule has 0 saturated carbocycles. The topological polar surface area (TPSA) is 66.8 Å². The van der Waals surface area contributed by atoms with E-state index in [1.165, 1.54) is 0 Å². The Morgan fingerprint density at radius 1 is 1.21 bits per heavy atom. The molecule has 1 saturated heterocycles. The fourth-order valence-corrected chi connectivity index (χ4v) is 3.74. The normalized spacial score (nSPS) is 21.3. The zero-order chi connectivity index (χ0) is 16.9. The Morgan fingerprint density at radius 2 is 1.96 bits per heavy atom. The Balaban J connectivity index is 1.56. The summed E-state index contributed by atoms with van der Waals surface area (Å²) in [6.07, 6.45) is 4.62. The van der Waals surface area contributed by atoms with E-state index < -0.39 is 11.9 Å². The average molecular weight is 331 g/mol. The number of carbonyl (C=O) groups excluding carboxylic acids is 1. The molecule has 0 aliphatic carbocycles. The van der Waals surface area contributed by atoms with Gasteiger partial charge in [-0.15, -0.1) is 0 Å². The van der Waals surface area contributed by atoms with Gasteiger partial charge in [0, 0.05) is 32.7 Å². The van der Waals surface area contributed by atoms with E-state index in [9.17, 15) is 14.7 Å². The predicted octanol–water partition coefficient (Wildman–Crippen LogP) is 2.79. The first-order valence-electron chi connectivity index (χ1n) is 8.81. The summed E-state index contributed by atoms with van der Waals surface area (Å²) >= 11 is 0. The third-order valence-electron chi connectivity index (χ3n) is 5.19. The molecule has 1 fully saturated rings. The number of nitrogens with zero attached hydrogens (tertiary/aromatic N) is 1. The molecule has 0 bridgehead atoms. The molecule has 0 aromatic heterocycles. The first-order valence-corrected chi connectivity index (χ1v) is 8.81. The van der Waals surface area contributed by atoms with E-state index in [4.69, 9.17) is 4.74 Å². The minimum absolute atomic E-state index is 0.0720. The first-order chi connectivity index (χ1) is 11.6. The van der Waals surface area contributed by atoms with E-state index in [0.717, 1.165) is 50.0 Å². The molecule has 2 heterocycles. The number of carboxylic acid groups (broad SMARTS) is 1. The van der Waals surface area contributed by atoms with Crippen LogP contribution in [0.4, 0.5) is 0 Å². The summed E-state index contributed by atoms with van der Waals surface area (Å²) < 4.78 is 5.36. The maximum atomic E-state index is 12.5. The first kappa shape index (κ1) is 17.0. The molecule has 1 unspecified atom stereocenters. The highest BCUT2D eigenvalue weighted by atomic mass is 16.5. The van der Waals surface area contributed by atoms with Crippen molar-refractivity contribution in [3.63, 3.8) is 0 Å². The van der Waals surface area contributed by atoms with Crippen LogP contribution in [-0.4, -0.2) is 41.6 Å². The number of ether oxygens (including phenoxy) is 1. The number of rotatable bonds is 5. The van der Waals surface area contributed by atoms with E-state index in [-0.39, 0.29) is 12.5 Å². The lowest BCUT2D eigenvalue weighted by Gasteiger charge is -2.33. The smallest absolute Gasteiger partial charge is 0.312 e. The molecular formula is C19H25NO4. The van der Waals surface area contributed by atoms with E-state index in [1.807, 2.05) is 24.3 Å². The molecule has 1 N–H and O–H groups in total. The van der Waals surface area contributed by atoms with Crippen molar-refractivity contribution in [1.29, 1.82) is 0 Å². The Morgan fingerprint density at radius 3 is 2.71 bits per heavy atom. The van der Waals surface area contributed by atoms with Crippen LogP contribution in [0.15, 0.2) is 24.3 Å². The monoisotopic (exact) mass is 331 g/mol. The highest BCUT2D eigenvalue weighted by molar-refractivity contribution is 5.81. The van der Waals surface area contributed by atoms with Gasteiger partial charge in [-0.2, -0.15) is 0 Å². The van der Waals surface area contributed by atoms with Gasteiger partial charge < -0.3 is 14.7 Å². The summed E-state index contributed by atoms with van der Waals surface area (Å²) in [6, 6.07) is 7.55. The van der Waals surface area contributed by atoms with Crippen LogP contribution in [0.3, 0.4) is 0 Å². The standard InChI is InChI=1S/C19H25NO4/c21-18(7-3-4-14-8-10-24-11-9-14)20-12-15-5-1-2-6-16(15)17(13-20)19(22)23/h1-2,5-6,14,17H,3-4,7-13H2,(H,22,23). The molecule has 1 atom stereocenters. The SMILES string of the molecule is O=C(O)C1CN(C(=O)CCCC2CCOCC2)Cc2ccccc21. The number of hydrogen-bond acceptors (Lipinski definition) is 3. The summed E-state index contributed by atoms with van der Waals surface area (Å²) in [5, 5.41) is 9.48. The van der Waals surface area contributed by atoms with Crippen LogP contribution in [0, 0.1) is 5.92 Å². The lowest BCUT2D eigenvalue weighted by atomic mass is 9.89. The van der Waals surface area contributed by atoms with Gasteiger partial charge in [0.1, 0.15) is 0 Å². The Bertz CT molecular complexity index is 595. The summed E-state index contributed by atoms with van der Waals surface area (Å²) in [5.74, 6) is -0.736. The van der Waals surface area contributed by atoms with Gasteiger partial charge >= 0.3 is 5.97 Å². The molecule has 5 heteroatoms. The highest BCUT2D eigenvalue weighted by Gasteiger charge is 2.32. The lowest BCUT2D eigenvalue weighted by molar-refractivity contribution is -0.141.